The van der Waals surface area contributed by atoms with Crippen molar-refractivity contribution in [1.82, 2.24) is 5.32 Å². The number of ether oxygens (including phenoxy) is 1. The Labute approximate surface area is 125 Å². The van der Waals surface area contributed by atoms with E-state index in [2.05, 4.69) is 26.6 Å². The summed E-state index contributed by atoms with van der Waals surface area (Å²) in [4.78, 5) is 11.1. The Morgan fingerprint density at radius 2 is 2.20 bits per heavy atom. The minimum Gasteiger partial charge on any atom is -0.484 e. The number of halogens is 1. The molecule has 106 valence electrons. The van der Waals surface area contributed by atoms with Crippen LogP contribution in [0.4, 0.5) is 5.69 Å². The van der Waals surface area contributed by atoms with Gasteiger partial charge in [-0.15, -0.1) is 0 Å². The summed E-state index contributed by atoms with van der Waals surface area (Å²) in [6, 6.07) is 11.2. The summed E-state index contributed by atoms with van der Waals surface area (Å²) in [5.41, 5.74) is 0.895. The highest BCUT2D eigenvalue weighted by atomic mass is 79.9. The van der Waals surface area contributed by atoms with Gasteiger partial charge in [-0.25, -0.2) is 0 Å². The zero-order valence-electron chi connectivity index (χ0n) is 11.0. The SMILES string of the molecule is CNC(=O)COc1cccc(NCc2ccc(Br)o2)c1. The van der Waals surface area contributed by atoms with Gasteiger partial charge in [-0.05, 0) is 40.2 Å². The second-order valence-electron chi connectivity index (χ2n) is 4.05. The predicted octanol–water partition coefficient (Wildman–Crippen LogP) is 2.78. The summed E-state index contributed by atoms with van der Waals surface area (Å²) in [6.45, 7) is 0.579. The number of nitrogens with one attached hydrogen (secondary N) is 2. The van der Waals surface area contributed by atoms with Crippen LogP contribution in [0.3, 0.4) is 0 Å². The number of carbonyl (C=O) groups excluding carboxylic acids is 1. The number of furan rings is 1. The zero-order valence-corrected chi connectivity index (χ0v) is 12.6. The van der Waals surface area contributed by atoms with Crippen molar-refractivity contribution >= 4 is 27.5 Å². The van der Waals surface area contributed by atoms with E-state index >= 15 is 0 Å². The van der Waals surface area contributed by atoms with Gasteiger partial charge in [0.25, 0.3) is 5.91 Å². The molecule has 6 heteroatoms. The number of likely N-dealkylation sites (N-methyl/N-ethyl adjacent to an activating group) is 1. The van der Waals surface area contributed by atoms with E-state index in [1.54, 1.807) is 13.1 Å². The molecule has 1 amide bonds. The fraction of sp³-hybridized carbons (Fsp3) is 0.214. The lowest BCUT2D eigenvalue weighted by atomic mass is 10.3. The van der Waals surface area contributed by atoms with Gasteiger partial charge < -0.3 is 19.8 Å². The van der Waals surface area contributed by atoms with E-state index in [1.807, 2.05) is 30.3 Å². The number of hydrogen-bond acceptors (Lipinski definition) is 4. The van der Waals surface area contributed by atoms with E-state index in [0.29, 0.717) is 17.0 Å². The van der Waals surface area contributed by atoms with Crippen LogP contribution < -0.4 is 15.4 Å². The molecule has 5 nitrogen and oxygen atoms in total. The fourth-order valence-corrected chi connectivity index (χ4v) is 1.89. The van der Waals surface area contributed by atoms with E-state index < -0.39 is 0 Å². The highest BCUT2D eigenvalue weighted by Gasteiger charge is 2.02. The number of benzene rings is 1. The number of carbonyl (C=O) groups is 1. The molecule has 2 N–H and O–H groups in total. The maximum absolute atomic E-state index is 11.1. The van der Waals surface area contributed by atoms with Gasteiger partial charge >= 0.3 is 0 Å². The molecule has 0 atom stereocenters. The summed E-state index contributed by atoms with van der Waals surface area (Å²) in [6.07, 6.45) is 0. The summed E-state index contributed by atoms with van der Waals surface area (Å²) in [5.74, 6) is 1.30. The van der Waals surface area contributed by atoms with Crippen molar-refractivity contribution in [2.24, 2.45) is 0 Å². The molecular formula is C14H15BrN2O3. The molecule has 0 saturated carbocycles. The Kier molecular flexibility index (Phi) is 5.06. The standard InChI is InChI=1S/C14H15BrN2O3/c1-16-14(18)9-19-11-4-2-3-10(7-11)17-8-12-5-6-13(15)20-12/h2-7,17H,8-9H2,1H3,(H,16,18). The molecule has 0 saturated heterocycles. The van der Waals surface area contributed by atoms with E-state index in [4.69, 9.17) is 9.15 Å². The monoisotopic (exact) mass is 338 g/mol. The van der Waals surface area contributed by atoms with E-state index in [-0.39, 0.29) is 12.5 Å². The van der Waals surface area contributed by atoms with Gasteiger partial charge in [0.1, 0.15) is 11.5 Å². The van der Waals surface area contributed by atoms with Gasteiger partial charge in [-0.3, -0.25) is 4.79 Å². The van der Waals surface area contributed by atoms with Gasteiger partial charge in [0.15, 0.2) is 11.3 Å². The molecule has 0 bridgehead atoms. The predicted molar refractivity (Wildman–Crippen MR) is 79.7 cm³/mol. The summed E-state index contributed by atoms with van der Waals surface area (Å²) < 4.78 is 11.5. The smallest absolute Gasteiger partial charge is 0.257 e. The molecule has 2 aromatic rings. The van der Waals surface area contributed by atoms with Crippen molar-refractivity contribution in [3.8, 4) is 5.75 Å². The second kappa shape index (κ2) is 7.00. The Bertz CT molecular complexity index is 583. The molecule has 20 heavy (non-hydrogen) atoms. The van der Waals surface area contributed by atoms with Gasteiger partial charge in [-0.1, -0.05) is 6.07 Å². The van der Waals surface area contributed by atoms with E-state index in [1.165, 1.54) is 0 Å². The lowest BCUT2D eigenvalue weighted by molar-refractivity contribution is -0.122. The Balaban J connectivity index is 1.90. The van der Waals surface area contributed by atoms with Crippen molar-refractivity contribution in [3.05, 3.63) is 46.8 Å². The first kappa shape index (κ1) is 14.5. The summed E-state index contributed by atoms with van der Waals surface area (Å²) in [7, 11) is 1.57. The molecule has 2 rings (SSSR count). The average molecular weight is 339 g/mol. The third kappa shape index (κ3) is 4.31. The van der Waals surface area contributed by atoms with Crippen LogP contribution >= 0.6 is 15.9 Å². The van der Waals surface area contributed by atoms with Gasteiger partial charge in [0, 0.05) is 18.8 Å². The Hall–Kier alpha value is -1.95. The number of rotatable bonds is 6. The van der Waals surface area contributed by atoms with Crippen LogP contribution in [0.1, 0.15) is 5.76 Å². The quantitative estimate of drug-likeness (QED) is 0.850. The first-order valence-corrected chi connectivity index (χ1v) is 6.88. The topological polar surface area (TPSA) is 63.5 Å². The highest BCUT2D eigenvalue weighted by molar-refractivity contribution is 9.10. The average Bonchev–Trinajstić information content (AvgIpc) is 2.88. The van der Waals surface area contributed by atoms with Gasteiger partial charge in [0.2, 0.25) is 0 Å². The van der Waals surface area contributed by atoms with Crippen LogP contribution in [0.25, 0.3) is 0 Å². The zero-order chi connectivity index (χ0) is 14.4. The summed E-state index contributed by atoms with van der Waals surface area (Å²) in [5, 5.41) is 5.72. The van der Waals surface area contributed by atoms with Gasteiger partial charge in [0.05, 0.1) is 6.54 Å². The highest BCUT2D eigenvalue weighted by Crippen LogP contribution is 2.19. The van der Waals surface area contributed by atoms with Crippen molar-refractivity contribution in [2.75, 3.05) is 19.0 Å². The third-order valence-corrected chi connectivity index (χ3v) is 3.00. The maximum atomic E-state index is 11.1. The van der Waals surface area contributed by atoms with Crippen molar-refractivity contribution in [1.29, 1.82) is 0 Å². The van der Waals surface area contributed by atoms with E-state index in [9.17, 15) is 4.79 Å². The van der Waals surface area contributed by atoms with Crippen molar-refractivity contribution < 1.29 is 13.9 Å². The fourth-order valence-electron chi connectivity index (χ4n) is 1.55. The van der Waals surface area contributed by atoms with Crippen LogP contribution in [0.5, 0.6) is 5.75 Å². The molecule has 0 unspecified atom stereocenters. The Morgan fingerprint density at radius 3 is 2.90 bits per heavy atom. The number of amides is 1. The van der Waals surface area contributed by atoms with Gasteiger partial charge in [-0.2, -0.15) is 0 Å². The summed E-state index contributed by atoms with van der Waals surface area (Å²) >= 11 is 3.26. The lowest BCUT2D eigenvalue weighted by Gasteiger charge is -2.08. The first-order chi connectivity index (χ1) is 9.67. The second-order valence-corrected chi connectivity index (χ2v) is 4.83. The largest absolute Gasteiger partial charge is 0.484 e. The molecule has 0 radical (unpaired) electrons. The molecule has 0 aliphatic rings. The van der Waals surface area contributed by atoms with E-state index in [0.717, 1.165) is 11.4 Å². The van der Waals surface area contributed by atoms with Crippen molar-refractivity contribution in [2.45, 2.75) is 6.54 Å². The van der Waals surface area contributed by atoms with Crippen LogP contribution in [0, 0.1) is 0 Å². The molecular weight excluding hydrogens is 324 g/mol. The molecule has 1 aromatic heterocycles. The number of anilines is 1. The Morgan fingerprint density at radius 1 is 1.35 bits per heavy atom. The third-order valence-electron chi connectivity index (χ3n) is 2.58. The molecule has 0 aliphatic heterocycles. The molecule has 1 heterocycles. The maximum Gasteiger partial charge on any atom is 0.257 e. The minimum absolute atomic E-state index is 0.00504. The normalized spacial score (nSPS) is 10.1. The molecule has 0 aliphatic carbocycles. The molecule has 0 spiro atoms. The molecule has 0 fully saturated rings. The first-order valence-electron chi connectivity index (χ1n) is 6.09. The molecule has 1 aromatic carbocycles. The number of hydrogen-bond donors (Lipinski definition) is 2. The van der Waals surface area contributed by atoms with Crippen LogP contribution in [-0.4, -0.2) is 19.6 Å². The lowest BCUT2D eigenvalue weighted by Crippen LogP contribution is -2.24. The van der Waals surface area contributed by atoms with Crippen LogP contribution in [0.15, 0.2) is 45.5 Å². The van der Waals surface area contributed by atoms with Crippen LogP contribution in [0.2, 0.25) is 0 Å². The van der Waals surface area contributed by atoms with Crippen molar-refractivity contribution in [3.63, 3.8) is 0 Å². The minimum atomic E-state index is -0.163. The van der Waals surface area contributed by atoms with Crippen LogP contribution in [-0.2, 0) is 11.3 Å².